The van der Waals surface area contributed by atoms with E-state index in [-0.39, 0.29) is 5.82 Å². The van der Waals surface area contributed by atoms with Crippen LogP contribution in [-0.4, -0.2) is 13.6 Å². The lowest BCUT2D eigenvalue weighted by molar-refractivity contribution is 0.185. The van der Waals surface area contributed by atoms with Gasteiger partial charge in [0.25, 0.3) is 0 Å². The highest BCUT2D eigenvalue weighted by molar-refractivity contribution is 6.30. The molecule has 1 N–H and O–H groups in total. The zero-order valence-corrected chi connectivity index (χ0v) is 12.5. The number of benzene rings is 1. The summed E-state index contributed by atoms with van der Waals surface area (Å²) in [6, 6.07) is 5.06. The number of halogens is 2. The lowest BCUT2D eigenvalue weighted by Gasteiger charge is -2.35. The molecule has 3 unspecified atom stereocenters. The third-order valence-electron chi connectivity index (χ3n) is 4.37. The van der Waals surface area contributed by atoms with Crippen LogP contribution in [0.4, 0.5) is 4.39 Å². The van der Waals surface area contributed by atoms with Crippen molar-refractivity contribution in [2.75, 3.05) is 13.6 Å². The topological polar surface area (TPSA) is 12.0 Å². The second kappa shape index (κ2) is 6.71. The number of rotatable bonds is 4. The lowest BCUT2D eigenvalue weighted by Crippen LogP contribution is -2.32. The van der Waals surface area contributed by atoms with Crippen molar-refractivity contribution in [3.05, 3.63) is 34.6 Å². The van der Waals surface area contributed by atoms with E-state index in [1.165, 1.54) is 25.3 Å². The smallest absolute Gasteiger partial charge is 0.127 e. The summed E-state index contributed by atoms with van der Waals surface area (Å²) in [5.74, 6) is 1.84. The van der Waals surface area contributed by atoms with Gasteiger partial charge in [-0.05, 0) is 68.3 Å². The predicted octanol–water partition coefficient (Wildman–Crippen LogP) is 4.29. The van der Waals surface area contributed by atoms with Crippen molar-refractivity contribution in [3.63, 3.8) is 0 Å². The standard InChI is InChI=1S/C16H23ClFN/c1-11-3-4-13(10-19-2)14(7-11)8-12-5-6-15(17)9-16(12)18/h5-6,9,11,13-14,19H,3-4,7-8,10H2,1-2H3. The molecular weight excluding hydrogens is 261 g/mol. The van der Waals surface area contributed by atoms with Crippen LogP contribution in [0.2, 0.25) is 5.02 Å². The van der Waals surface area contributed by atoms with Crippen LogP contribution in [0.15, 0.2) is 18.2 Å². The van der Waals surface area contributed by atoms with E-state index < -0.39 is 0 Å². The summed E-state index contributed by atoms with van der Waals surface area (Å²) in [6.07, 6.45) is 4.59. The van der Waals surface area contributed by atoms with E-state index in [4.69, 9.17) is 11.6 Å². The molecule has 1 nitrogen and oxygen atoms in total. The quantitative estimate of drug-likeness (QED) is 0.869. The highest BCUT2D eigenvalue weighted by Gasteiger charge is 2.28. The van der Waals surface area contributed by atoms with Crippen LogP contribution in [0.1, 0.15) is 31.7 Å². The Morgan fingerprint density at radius 3 is 2.79 bits per heavy atom. The zero-order valence-electron chi connectivity index (χ0n) is 11.8. The molecule has 0 saturated heterocycles. The minimum Gasteiger partial charge on any atom is -0.319 e. The van der Waals surface area contributed by atoms with E-state index in [0.29, 0.717) is 16.9 Å². The summed E-state index contributed by atoms with van der Waals surface area (Å²) in [5.41, 5.74) is 0.810. The van der Waals surface area contributed by atoms with Crippen molar-refractivity contribution in [3.8, 4) is 0 Å². The summed E-state index contributed by atoms with van der Waals surface area (Å²) in [6.45, 7) is 3.34. The molecule has 1 aliphatic rings. The van der Waals surface area contributed by atoms with Crippen LogP contribution in [0.25, 0.3) is 0 Å². The van der Waals surface area contributed by atoms with Gasteiger partial charge < -0.3 is 5.32 Å². The molecule has 3 heteroatoms. The van der Waals surface area contributed by atoms with Gasteiger partial charge in [-0.2, -0.15) is 0 Å². The molecule has 106 valence electrons. The molecule has 1 aromatic rings. The summed E-state index contributed by atoms with van der Waals surface area (Å²) in [5, 5.41) is 3.75. The maximum atomic E-state index is 13.9. The second-order valence-corrected chi connectivity index (χ2v) is 6.37. The van der Waals surface area contributed by atoms with E-state index >= 15 is 0 Å². The summed E-state index contributed by atoms with van der Waals surface area (Å²) in [4.78, 5) is 0. The average molecular weight is 284 g/mol. The maximum Gasteiger partial charge on any atom is 0.127 e. The van der Waals surface area contributed by atoms with Crippen LogP contribution < -0.4 is 5.32 Å². The highest BCUT2D eigenvalue weighted by atomic mass is 35.5. The first-order chi connectivity index (χ1) is 9.10. The van der Waals surface area contributed by atoms with Gasteiger partial charge in [-0.1, -0.05) is 31.0 Å². The van der Waals surface area contributed by atoms with Gasteiger partial charge in [0.1, 0.15) is 5.82 Å². The molecule has 0 radical (unpaired) electrons. The Labute approximate surface area is 120 Å². The van der Waals surface area contributed by atoms with Crippen molar-refractivity contribution in [2.24, 2.45) is 17.8 Å². The van der Waals surface area contributed by atoms with Gasteiger partial charge in [0, 0.05) is 5.02 Å². The van der Waals surface area contributed by atoms with Gasteiger partial charge >= 0.3 is 0 Å². The third-order valence-corrected chi connectivity index (χ3v) is 4.60. The van der Waals surface area contributed by atoms with Crippen LogP contribution in [-0.2, 0) is 6.42 Å². The first-order valence-electron chi connectivity index (χ1n) is 7.18. The largest absolute Gasteiger partial charge is 0.319 e. The first-order valence-corrected chi connectivity index (χ1v) is 7.56. The molecule has 1 saturated carbocycles. The third kappa shape index (κ3) is 3.93. The van der Waals surface area contributed by atoms with E-state index in [1.807, 2.05) is 13.1 Å². The van der Waals surface area contributed by atoms with Crippen molar-refractivity contribution in [2.45, 2.75) is 32.6 Å². The number of nitrogens with one attached hydrogen (secondary N) is 1. The molecule has 0 bridgehead atoms. The Kier molecular flexibility index (Phi) is 5.23. The van der Waals surface area contributed by atoms with Gasteiger partial charge in [-0.3, -0.25) is 0 Å². The first kappa shape index (κ1) is 14.8. The molecule has 1 aliphatic carbocycles. The Bertz CT molecular complexity index is 421. The molecule has 1 fully saturated rings. The van der Waals surface area contributed by atoms with Crippen molar-refractivity contribution in [1.29, 1.82) is 0 Å². The Hall–Kier alpha value is -0.600. The molecule has 2 rings (SSSR count). The van der Waals surface area contributed by atoms with E-state index in [2.05, 4.69) is 12.2 Å². The van der Waals surface area contributed by atoms with E-state index in [1.54, 1.807) is 6.07 Å². The molecule has 19 heavy (non-hydrogen) atoms. The lowest BCUT2D eigenvalue weighted by atomic mass is 9.72. The molecule has 0 spiro atoms. The molecule has 1 aromatic carbocycles. The minimum atomic E-state index is -0.158. The fraction of sp³-hybridized carbons (Fsp3) is 0.625. The normalized spacial score (nSPS) is 27.5. The maximum absolute atomic E-state index is 13.9. The average Bonchev–Trinajstić information content (AvgIpc) is 2.36. The second-order valence-electron chi connectivity index (χ2n) is 5.94. The van der Waals surface area contributed by atoms with Crippen molar-refractivity contribution in [1.82, 2.24) is 5.32 Å². The molecule has 0 aromatic heterocycles. The van der Waals surface area contributed by atoms with Crippen LogP contribution >= 0.6 is 11.6 Å². The van der Waals surface area contributed by atoms with Crippen LogP contribution in [0.3, 0.4) is 0 Å². The van der Waals surface area contributed by atoms with Crippen LogP contribution in [0.5, 0.6) is 0 Å². The summed E-state index contributed by atoms with van der Waals surface area (Å²) < 4.78 is 13.9. The van der Waals surface area contributed by atoms with Gasteiger partial charge in [-0.15, -0.1) is 0 Å². The molecular formula is C16H23ClFN. The summed E-state index contributed by atoms with van der Waals surface area (Å²) in [7, 11) is 2.00. The van der Waals surface area contributed by atoms with Gasteiger partial charge in [-0.25, -0.2) is 4.39 Å². The minimum absolute atomic E-state index is 0.158. The number of hydrogen-bond donors (Lipinski definition) is 1. The van der Waals surface area contributed by atoms with Gasteiger partial charge in [0.05, 0.1) is 0 Å². The van der Waals surface area contributed by atoms with E-state index in [9.17, 15) is 4.39 Å². The SMILES string of the molecule is CNCC1CCC(C)CC1Cc1ccc(Cl)cc1F. The zero-order chi connectivity index (χ0) is 13.8. The Morgan fingerprint density at radius 1 is 1.32 bits per heavy atom. The van der Waals surface area contributed by atoms with Crippen LogP contribution in [0, 0.1) is 23.6 Å². The van der Waals surface area contributed by atoms with Gasteiger partial charge in [0.2, 0.25) is 0 Å². The highest BCUT2D eigenvalue weighted by Crippen LogP contribution is 2.36. The molecule has 3 atom stereocenters. The van der Waals surface area contributed by atoms with Crippen molar-refractivity contribution < 1.29 is 4.39 Å². The number of hydrogen-bond acceptors (Lipinski definition) is 1. The van der Waals surface area contributed by atoms with Crippen molar-refractivity contribution >= 4 is 11.6 Å². The predicted molar refractivity (Wildman–Crippen MR) is 79.0 cm³/mol. The fourth-order valence-corrected chi connectivity index (χ4v) is 3.47. The monoisotopic (exact) mass is 283 g/mol. The molecule has 0 amide bonds. The van der Waals surface area contributed by atoms with Gasteiger partial charge in [0.15, 0.2) is 0 Å². The Morgan fingerprint density at radius 2 is 2.11 bits per heavy atom. The molecule has 0 heterocycles. The molecule has 0 aliphatic heterocycles. The Balaban J connectivity index is 2.09. The fourth-order valence-electron chi connectivity index (χ4n) is 3.31. The van der Waals surface area contributed by atoms with E-state index in [0.717, 1.165) is 24.4 Å². The summed E-state index contributed by atoms with van der Waals surface area (Å²) >= 11 is 5.81.